The second-order valence-electron chi connectivity index (χ2n) is 3.27. The third-order valence-electron chi connectivity index (χ3n) is 1.78. The van der Waals surface area contributed by atoms with Gasteiger partial charge in [-0.1, -0.05) is 15.9 Å². The summed E-state index contributed by atoms with van der Waals surface area (Å²) in [5.41, 5.74) is -0.0456. The first kappa shape index (κ1) is 14.8. The van der Waals surface area contributed by atoms with Gasteiger partial charge in [-0.2, -0.15) is 0 Å². The SMILES string of the molecule is CNCC(=O)Nc1ccc(Br)cc1OC(F)(F)F. The summed E-state index contributed by atoms with van der Waals surface area (Å²) >= 11 is 3.03. The van der Waals surface area contributed by atoms with Gasteiger partial charge in [0, 0.05) is 4.47 Å². The van der Waals surface area contributed by atoms with Crippen LogP contribution in [0.4, 0.5) is 18.9 Å². The molecule has 1 rings (SSSR count). The highest BCUT2D eigenvalue weighted by molar-refractivity contribution is 9.10. The maximum Gasteiger partial charge on any atom is 0.573 e. The van der Waals surface area contributed by atoms with Gasteiger partial charge in [0.05, 0.1) is 12.2 Å². The molecule has 1 aromatic carbocycles. The van der Waals surface area contributed by atoms with E-state index in [1.54, 1.807) is 7.05 Å². The predicted octanol–water partition coefficient (Wildman–Crippen LogP) is 2.51. The van der Waals surface area contributed by atoms with Crippen LogP contribution >= 0.6 is 15.9 Å². The number of amides is 1. The molecule has 0 aliphatic heterocycles. The molecule has 0 unspecified atom stereocenters. The van der Waals surface area contributed by atoms with Gasteiger partial charge in [-0.05, 0) is 25.2 Å². The predicted molar refractivity (Wildman–Crippen MR) is 63.4 cm³/mol. The molecule has 100 valence electrons. The number of hydrogen-bond acceptors (Lipinski definition) is 3. The molecule has 1 amide bonds. The topological polar surface area (TPSA) is 50.4 Å². The van der Waals surface area contributed by atoms with Crippen molar-refractivity contribution in [2.75, 3.05) is 18.9 Å². The van der Waals surface area contributed by atoms with E-state index < -0.39 is 18.0 Å². The Kier molecular flexibility index (Phi) is 4.97. The number of nitrogens with one attached hydrogen (secondary N) is 2. The number of benzene rings is 1. The molecule has 0 radical (unpaired) electrons. The van der Waals surface area contributed by atoms with Gasteiger partial charge >= 0.3 is 6.36 Å². The van der Waals surface area contributed by atoms with E-state index in [1.807, 2.05) is 0 Å². The van der Waals surface area contributed by atoms with Crippen molar-refractivity contribution in [1.82, 2.24) is 5.32 Å². The molecule has 4 nitrogen and oxygen atoms in total. The van der Waals surface area contributed by atoms with Crippen LogP contribution in [-0.4, -0.2) is 25.9 Å². The molecule has 0 heterocycles. The van der Waals surface area contributed by atoms with Crippen molar-refractivity contribution in [2.45, 2.75) is 6.36 Å². The fourth-order valence-corrected chi connectivity index (χ4v) is 1.50. The van der Waals surface area contributed by atoms with Gasteiger partial charge in [0.1, 0.15) is 0 Å². The van der Waals surface area contributed by atoms with Crippen LogP contribution in [-0.2, 0) is 4.79 Å². The van der Waals surface area contributed by atoms with E-state index in [0.29, 0.717) is 4.47 Å². The highest BCUT2D eigenvalue weighted by Gasteiger charge is 2.32. The van der Waals surface area contributed by atoms with Gasteiger partial charge in [0.15, 0.2) is 5.75 Å². The van der Waals surface area contributed by atoms with Crippen LogP contribution in [0.1, 0.15) is 0 Å². The highest BCUT2D eigenvalue weighted by Crippen LogP contribution is 2.32. The molecule has 0 aromatic heterocycles. The summed E-state index contributed by atoms with van der Waals surface area (Å²) in [4.78, 5) is 11.3. The second-order valence-corrected chi connectivity index (χ2v) is 4.18. The number of ether oxygens (including phenoxy) is 1. The number of rotatable bonds is 4. The number of likely N-dealkylation sites (N-methyl/N-ethyl adjacent to an activating group) is 1. The quantitative estimate of drug-likeness (QED) is 0.893. The molecule has 0 spiro atoms. The molecule has 0 fully saturated rings. The molecule has 0 aliphatic rings. The van der Waals surface area contributed by atoms with Crippen LogP contribution < -0.4 is 15.4 Å². The summed E-state index contributed by atoms with van der Waals surface area (Å²) in [6.45, 7) is -0.0124. The molecular formula is C10H10BrF3N2O2. The van der Waals surface area contributed by atoms with Crippen LogP contribution in [0.5, 0.6) is 5.75 Å². The van der Waals surface area contributed by atoms with E-state index in [9.17, 15) is 18.0 Å². The smallest absolute Gasteiger partial charge is 0.404 e. The van der Waals surface area contributed by atoms with Crippen molar-refractivity contribution in [3.8, 4) is 5.75 Å². The largest absolute Gasteiger partial charge is 0.573 e. The normalized spacial score (nSPS) is 11.2. The van der Waals surface area contributed by atoms with Gasteiger partial charge in [0.25, 0.3) is 0 Å². The van der Waals surface area contributed by atoms with E-state index in [1.165, 1.54) is 12.1 Å². The molecule has 0 saturated heterocycles. The third kappa shape index (κ3) is 4.92. The fraction of sp³-hybridized carbons (Fsp3) is 0.300. The monoisotopic (exact) mass is 326 g/mol. The van der Waals surface area contributed by atoms with E-state index >= 15 is 0 Å². The number of carbonyl (C=O) groups excluding carboxylic acids is 1. The van der Waals surface area contributed by atoms with E-state index in [2.05, 4.69) is 31.3 Å². The zero-order valence-electron chi connectivity index (χ0n) is 9.27. The van der Waals surface area contributed by atoms with E-state index in [4.69, 9.17) is 0 Å². The van der Waals surface area contributed by atoms with Crippen LogP contribution in [0.3, 0.4) is 0 Å². The average Bonchev–Trinajstić information content (AvgIpc) is 2.20. The first-order chi connectivity index (χ1) is 8.31. The molecule has 0 bridgehead atoms. The molecule has 18 heavy (non-hydrogen) atoms. The zero-order valence-corrected chi connectivity index (χ0v) is 10.9. The lowest BCUT2D eigenvalue weighted by Gasteiger charge is -2.14. The maximum atomic E-state index is 12.2. The summed E-state index contributed by atoms with van der Waals surface area (Å²) in [5.74, 6) is -0.937. The van der Waals surface area contributed by atoms with E-state index in [0.717, 1.165) is 6.07 Å². The summed E-state index contributed by atoms with van der Waals surface area (Å²) in [7, 11) is 1.55. The lowest BCUT2D eigenvalue weighted by molar-refractivity contribution is -0.274. The van der Waals surface area contributed by atoms with Crippen LogP contribution in [0.15, 0.2) is 22.7 Å². The Morgan fingerprint density at radius 3 is 2.67 bits per heavy atom. The summed E-state index contributed by atoms with van der Waals surface area (Å²) in [6.07, 6.45) is -4.82. The fourth-order valence-electron chi connectivity index (χ4n) is 1.16. The van der Waals surface area contributed by atoms with Gasteiger partial charge in [-0.3, -0.25) is 4.79 Å². The molecule has 1 aromatic rings. The van der Waals surface area contributed by atoms with Crippen LogP contribution in [0.25, 0.3) is 0 Å². The number of carbonyl (C=O) groups is 1. The second kappa shape index (κ2) is 6.05. The minimum absolute atomic E-state index is 0.0124. The maximum absolute atomic E-state index is 12.2. The average molecular weight is 327 g/mol. The Hall–Kier alpha value is -1.28. The van der Waals surface area contributed by atoms with Crippen molar-refractivity contribution in [3.05, 3.63) is 22.7 Å². The Labute approximate surface area is 110 Å². The van der Waals surface area contributed by atoms with Crippen LogP contribution in [0, 0.1) is 0 Å². The van der Waals surface area contributed by atoms with E-state index in [-0.39, 0.29) is 12.2 Å². The Morgan fingerprint density at radius 2 is 2.11 bits per heavy atom. The number of alkyl halides is 3. The molecular weight excluding hydrogens is 317 g/mol. The van der Waals surface area contributed by atoms with Crippen molar-refractivity contribution in [1.29, 1.82) is 0 Å². The standard InChI is InChI=1S/C10H10BrF3N2O2/c1-15-5-9(17)16-7-3-2-6(11)4-8(7)18-10(12,13)14/h2-4,15H,5H2,1H3,(H,16,17). The third-order valence-corrected chi connectivity index (χ3v) is 2.27. The molecule has 0 atom stereocenters. The molecule has 0 saturated carbocycles. The van der Waals surface area contributed by atoms with Gasteiger partial charge in [-0.25, -0.2) is 0 Å². The molecule has 0 aliphatic carbocycles. The van der Waals surface area contributed by atoms with Crippen LogP contribution in [0.2, 0.25) is 0 Å². The van der Waals surface area contributed by atoms with Crippen molar-refractivity contribution in [3.63, 3.8) is 0 Å². The Morgan fingerprint density at radius 1 is 1.44 bits per heavy atom. The first-order valence-corrected chi connectivity index (χ1v) is 5.61. The first-order valence-electron chi connectivity index (χ1n) is 4.81. The van der Waals surface area contributed by atoms with Gasteiger partial charge in [0.2, 0.25) is 5.91 Å². The van der Waals surface area contributed by atoms with Gasteiger partial charge < -0.3 is 15.4 Å². The molecule has 2 N–H and O–H groups in total. The Balaban J connectivity index is 2.93. The van der Waals surface area contributed by atoms with Gasteiger partial charge in [-0.15, -0.1) is 13.2 Å². The zero-order chi connectivity index (χ0) is 13.8. The number of anilines is 1. The minimum Gasteiger partial charge on any atom is -0.404 e. The summed E-state index contributed by atoms with van der Waals surface area (Å²) < 4.78 is 40.8. The lowest BCUT2D eigenvalue weighted by atomic mass is 10.3. The van der Waals surface area contributed by atoms with Crippen molar-refractivity contribution >= 4 is 27.5 Å². The Bertz CT molecular complexity index is 438. The molecule has 8 heteroatoms. The highest BCUT2D eigenvalue weighted by atomic mass is 79.9. The summed E-state index contributed by atoms with van der Waals surface area (Å²) in [5, 5.41) is 4.90. The summed E-state index contributed by atoms with van der Waals surface area (Å²) in [6, 6.07) is 3.94. The van der Waals surface area contributed by atoms with Crippen molar-refractivity contribution < 1.29 is 22.7 Å². The number of hydrogen-bond donors (Lipinski definition) is 2. The number of halogens is 4. The van der Waals surface area contributed by atoms with Crippen molar-refractivity contribution in [2.24, 2.45) is 0 Å². The lowest BCUT2D eigenvalue weighted by Crippen LogP contribution is -2.26. The minimum atomic E-state index is -4.82.